The molecule has 0 radical (unpaired) electrons. The van der Waals surface area contributed by atoms with Crippen LogP contribution in [-0.4, -0.2) is 10.9 Å². The van der Waals surface area contributed by atoms with Crippen LogP contribution in [0.15, 0.2) is 60.8 Å². The Morgan fingerprint density at radius 3 is 2.30 bits per heavy atom. The lowest BCUT2D eigenvalue weighted by atomic mass is 10.1. The van der Waals surface area contributed by atoms with E-state index in [2.05, 4.69) is 10.3 Å². The zero-order valence-corrected chi connectivity index (χ0v) is 14.8. The van der Waals surface area contributed by atoms with E-state index >= 15 is 0 Å². The summed E-state index contributed by atoms with van der Waals surface area (Å²) in [7, 11) is 0. The number of pyridine rings is 1. The minimum Gasteiger partial charge on any atom is -0.322 e. The quantitative estimate of drug-likeness (QED) is 0.649. The number of carbonyl (C=O) groups is 1. The highest BCUT2D eigenvalue weighted by atomic mass is 19.4. The van der Waals surface area contributed by atoms with Gasteiger partial charge >= 0.3 is 6.18 Å². The van der Waals surface area contributed by atoms with Gasteiger partial charge in [0.1, 0.15) is 0 Å². The predicted molar refractivity (Wildman–Crippen MR) is 98.5 cm³/mol. The number of rotatable bonds is 3. The molecule has 0 aliphatic rings. The Kier molecular flexibility index (Phi) is 4.99. The van der Waals surface area contributed by atoms with E-state index in [1.54, 1.807) is 24.3 Å². The van der Waals surface area contributed by atoms with Gasteiger partial charge in [-0.2, -0.15) is 13.2 Å². The molecule has 0 atom stereocenters. The standard InChI is InChI=1S/C21H17F3N2O/c1-13-3-8-18(14(2)11-13)26-20(27)16-6-4-15(5-7-16)19-12-17(9-10-25-19)21(22,23)24/h3-12H,1-2H3,(H,26,27). The average Bonchev–Trinajstić information content (AvgIpc) is 2.63. The van der Waals surface area contributed by atoms with Gasteiger partial charge in [0.2, 0.25) is 0 Å². The second kappa shape index (κ2) is 7.23. The van der Waals surface area contributed by atoms with Crippen LogP contribution in [0.25, 0.3) is 11.3 Å². The summed E-state index contributed by atoms with van der Waals surface area (Å²) in [5.74, 6) is -0.287. The minimum absolute atomic E-state index is 0.200. The molecule has 3 nitrogen and oxygen atoms in total. The molecule has 0 unspecified atom stereocenters. The van der Waals surface area contributed by atoms with Crippen molar-refractivity contribution in [2.75, 3.05) is 5.32 Å². The predicted octanol–water partition coefficient (Wildman–Crippen LogP) is 5.64. The Morgan fingerprint density at radius 2 is 1.67 bits per heavy atom. The van der Waals surface area contributed by atoms with E-state index in [0.29, 0.717) is 16.8 Å². The van der Waals surface area contributed by atoms with Crippen LogP contribution in [0.1, 0.15) is 27.0 Å². The Balaban J connectivity index is 1.80. The summed E-state index contributed by atoms with van der Waals surface area (Å²) in [6, 6.07) is 13.9. The first kappa shape index (κ1) is 18.6. The van der Waals surface area contributed by atoms with E-state index in [-0.39, 0.29) is 11.6 Å². The van der Waals surface area contributed by atoms with Crippen molar-refractivity contribution in [3.63, 3.8) is 0 Å². The molecular weight excluding hydrogens is 353 g/mol. The molecule has 0 aliphatic carbocycles. The van der Waals surface area contributed by atoms with Crippen molar-refractivity contribution in [3.8, 4) is 11.3 Å². The Labute approximate surface area is 154 Å². The summed E-state index contributed by atoms with van der Waals surface area (Å²) < 4.78 is 38.5. The van der Waals surface area contributed by atoms with E-state index in [1.807, 2.05) is 32.0 Å². The SMILES string of the molecule is Cc1ccc(NC(=O)c2ccc(-c3cc(C(F)(F)F)ccn3)cc2)c(C)c1. The minimum atomic E-state index is -4.43. The second-order valence-electron chi connectivity index (χ2n) is 6.28. The molecule has 6 heteroatoms. The van der Waals surface area contributed by atoms with Gasteiger partial charge in [0.05, 0.1) is 11.3 Å². The maximum absolute atomic E-state index is 12.8. The fraction of sp³-hybridized carbons (Fsp3) is 0.143. The van der Waals surface area contributed by atoms with E-state index < -0.39 is 11.7 Å². The summed E-state index contributed by atoms with van der Waals surface area (Å²) >= 11 is 0. The number of carbonyl (C=O) groups excluding carboxylic acids is 1. The summed E-state index contributed by atoms with van der Waals surface area (Å²) in [6.07, 6.45) is -3.30. The van der Waals surface area contributed by atoms with Crippen molar-refractivity contribution in [1.29, 1.82) is 0 Å². The van der Waals surface area contributed by atoms with Crippen molar-refractivity contribution in [1.82, 2.24) is 4.98 Å². The van der Waals surface area contributed by atoms with Gasteiger partial charge in [0.25, 0.3) is 5.91 Å². The number of hydrogen-bond donors (Lipinski definition) is 1. The second-order valence-corrected chi connectivity index (χ2v) is 6.28. The van der Waals surface area contributed by atoms with Crippen LogP contribution in [0, 0.1) is 13.8 Å². The number of aryl methyl sites for hydroxylation is 2. The third-order valence-electron chi connectivity index (χ3n) is 4.16. The summed E-state index contributed by atoms with van der Waals surface area (Å²) in [5.41, 5.74) is 3.12. The lowest BCUT2D eigenvalue weighted by Gasteiger charge is -2.10. The van der Waals surface area contributed by atoms with Gasteiger partial charge in [-0.25, -0.2) is 0 Å². The molecular formula is C21H17F3N2O. The number of hydrogen-bond acceptors (Lipinski definition) is 2. The van der Waals surface area contributed by atoms with E-state index in [1.165, 1.54) is 0 Å². The molecule has 1 amide bonds. The molecule has 3 aromatic rings. The summed E-state index contributed by atoms with van der Waals surface area (Å²) in [6.45, 7) is 3.88. The first-order valence-corrected chi connectivity index (χ1v) is 8.26. The third kappa shape index (κ3) is 4.34. The van der Waals surface area contributed by atoms with Gasteiger partial charge in [0, 0.05) is 23.0 Å². The zero-order chi connectivity index (χ0) is 19.6. The van der Waals surface area contributed by atoms with Crippen molar-refractivity contribution < 1.29 is 18.0 Å². The Morgan fingerprint density at radius 1 is 0.963 bits per heavy atom. The zero-order valence-electron chi connectivity index (χ0n) is 14.8. The van der Waals surface area contributed by atoms with Crippen LogP contribution in [-0.2, 0) is 6.18 Å². The van der Waals surface area contributed by atoms with Crippen LogP contribution in [0.2, 0.25) is 0 Å². The molecule has 0 saturated heterocycles. The lowest BCUT2D eigenvalue weighted by molar-refractivity contribution is -0.137. The maximum atomic E-state index is 12.8. The molecule has 0 spiro atoms. The molecule has 27 heavy (non-hydrogen) atoms. The highest BCUT2D eigenvalue weighted by Crippen LogP contribution is 2.31. The molecule has 0 aliphatic heterocycles. The highest BCUT2D eigenvalue weighted by molar-refractivity contribution is 6.04. The number of nitrogens with zero attached hydrogens (tertiary/aromatic N) is 1. The molecule has 0 bridgehead atoms. The van der Waals surface area contributed by atoms with Crippen molar-refractivity contribution >= 4 is 11.6 Å². The fourth-order valence-electron chi connectivity index (χ4n) is 2.71. The molecule has 1 heterocycles. The third-order valence-corrected chi connectivity index (χ3v) is 4.16. The van der Waals surface area contributed by atoms with Crippen LogP contribution >= 0.6 is 0 Å². The van der Waals surface area contributed by atoms with Crippen molar-refractivity contribution in [2.45, 2.75) is 20.0 Å². The first-order chi connectivity index (χ1) is 12.7. The normalized spacial score (nSPS) is 11.3. The first-order valence-electron chi connectivity index (χ1n) is 8.26. The Bertz CT molecular complexity index is 979. The number of aromatic nitrogens is 1. The molecule has 138 valence electrons. The fourth-order valence-corrected chi connectivity index (χ4v) is 2.71. The van der Waals surface area contributed by atoms with Crippen LogP contribution in [0.5, 0.6) is 0 Å². The van der Waals surface area contributed by atoms with Crippen LogP contribution in [0.4, 0.5) is 18.9 Å². The molecule has 3 rings (SSSR count). The van der Waals surface area contributed by atoms with Gasteiger partial charge in [-0.15, -0.1) is 0 Å². The number of halogens is 3. The van der Waals surface area contributed by atoms with Gasteiger partial charge < -0.3 is 5.32 Å². The summed E-state index contributed by atoms with van der Waals surface area (Å²) in [4.78, 5) is 16.4. The molecule has 2 aromatic carbocycles. The van der Waals surface area contributed by atoms with E-state index in [0.717, 1.165) is 29.5 Å². The van der Waals surface area contributed by atoms with Crippen LogP contribution < -0.4 is 5.32 Å². The number of anilines is 1. The van der Waals surface area contributed by atoms with Gasteiger partial charge in [0.15, 0.2) is 0 Å². The number of alkyl halides is 3. The number of benzene rings is 2. The molecule has 1 N–H and O–H groups in total. The average molecular weight is 370 g/mol. The topological polar surface area (TPSA) is 42.0 Å². The van der Waals surface area contributed by atoms with Gasteiger partial charge in [-0.05, 0) is 49.7 Å². The number of amides is 1. The smallest absolute Gasteiger partial charge is 0.322 e. The lowest BCUT2D eigenvalue weighted by Crippen LogP contribution is -2.12. The molecule has 0 fully saturated rings. The summed E-state index contributed by atoms with van der Waals surface area (Å²) in [5, 5.41) is 2.84. The Hall–Kier alpha value is -3.15. The van der Waals surface area contributed by atoms with E-state index in [4.69, 9.17) is 0 Å². The maximum Gasteiger partial charge on any atom is 0.416 e. The van der Waals surface area contributed by atoms with Crippen molar-refractivity contribution in [3.05, 3.63) is 83.0 Å². The van der Waals surface area contributed by atoms with Gasteiger partial charge in [-0.1, -0.05) is 29.8 Å². The van der Waals surface area contributed by atoms with Crippen LogP contribution in [0.3, 0.4) is 0 Å². The molecule has 0 saturated carbocycles. The largest absolute Gasteiger partial charge is 0.416 e. The molecule has 1 aromatic heterocycles. The van der Waals surface area contributed by atoms with Gasteiger partial charge in [-0.3, -0.25) is 9.78 Å². The number of nitrogens with one attached hydrogen (secondary N) is 1. The monoisotopic (exact) mass is 370 g/mol. The highest BCUT2D eigenvalue weighted by Gasteiger charge is 2.30. The van der Waals surface area contributed by atoms with Crippen molar-refractivity contribution in [2.24, 2.45) is 0 Å². The van der Waals surface area contributed by atoms with E-state index in [9.17, 15) is 18.0 Å².